The van der Waals surface area contributed by atoms with Crippen molar-refractivity contribution < 1.29 is 17.9 Å². The molecule has 2 aromatic carbocycles. The van der Waals surface area contributed by atoms with Crippen molar-refractivity contribution in [3.8, 4) is 0 Å². The first kappa shape index (κ1) is 26.8. The van der Waals surface area contributed by atoms with Gasteiger partial charge in [-0.2, -0.15) is 13.5 Å². The zero-order valence-electron chi connectivity index (χ0n) is 21.5. The molecule has 9 nitrogen and oxygen atoms in total. The van der Waals surface area contributed by atoms with E-state index in [-0.39, 0.29) is 10.9 Å². The van der Waals surface area contributed by atoms with E-state index in [1.165, 1.54) is 12.7 Å². The predicted octanol–water partition coefficient (Wildman–Crippen LogP) is 2.96. The van der Waals surface area contributed by atoms with Crippen molar-refractivity contribution in [2.75, 3.05) is 33.3 Å². The number of ether oxygens (including phenoxy) is 1. The number of hydrogen-bond donors (Lipinski definition) is 1. The van der Waals surface area contributed by atoms with E-state index in [0.29, 0.717) is 43.9 Å². The fourth-order valence-electron chi connectivity index (χ4n) is 4.58. The van der Waals surface area contributed by atoms with Crippen LogP contribution in [0.4, 0.5) is 0 Å². The molecule has 0 aliphatic carbocycles. The molecule has 2 aromatic rings. The number of hydrazone groups is 1. The molecular weight excluding hydrogens is 490 g/mol. The molecule has 4 rings (SSSR count). The number of benzene rings is 2. The molecular formula is C27H35N5O4S. The number of piperazine rings is 1. The molecule has 0 radical (unpaired) electrons. The number of sulfonamides is 1. The van der Waals surface area contributed by atoms with Crippen LogP contribution < -0.4 is 5.43 Å². The number of hydrogen-bond acceptors (Lipinski definition) is 7. The van der Waals surface area contributed by atoms with Crippen molar-refractivity contribution in [1.82, 2.24) is 15.2 Å². The van der Waals surface area contributed by atoms with Crippen LogP contribution in [0.25, 0.3) is 0 Å². The van der Waals surface area contributed by atoms with Gasteiger partial charge < -0.3 is 15.1 Å². The van der Waals surface area contributed by atoms with Gasteiger partial charge in [-0.05, 0) is 37.5 Å². The van der Waals surface area contributed by atoms with Crippen LogP contribution in [0.3, 0.4) is 0 Å². The van der Waals surface area contributed by atoms with Crippen LogP contribution in [0.2, 0.25) is 0 Å². The third-order valence-electron chi connectivity index (χ3n) is 6.73. The molecule has 1 fully saturated rings. The number of aryl methyl sites for hydroxylation is 1. The summed E-state index contributed by atoms with van der Waals surface area (Å²) in [6, 6.07) is 17.2. The van der Waals surface area contributed by atoms with Crippen molar-refractivity contribution in [1.29, 1.82) is 0 Å². The Morgan fingerprint density at radius 3 is 2.46 bits per heavy atom. The third kappa shape index (κ3) is 7.39. The summed E-state index contributed by atoms with van der Waals surface area (Å²) >= 11 is 0. The molecule has 2 aliphatic rings. The van der Waals surface area contributed by atoms with Crippen LogP contribution in [0.15, 0.2) is 69.0 Å². The summed E-state index contributed by atoms with van der Waals surface area (Å²) in [5, 5.41) is 4.07. The molecule has 1 N–H and O–H groups in total. The summed E-state index contributed by atoms with van der Waals surface area (Å²) < 4.78 is 35.4. The molecule has 10 heteroatoms. The molecule has 0 bridgehead atoms. The minimum absolute atomic E-state index is 0.0202. The molecule has 198 valence electrons. The Bertz CT molecular complexity index is 1220. The Labute approximate surface area is 219 Å². The molecule has 1 unspecified atom stereocenters. The lowest BCUT2D eigenvalue weighted by atomic mass is 10.0. The van der Waals surface area contributed by atoms with Crippen molar-refractivity contribution in [2.45, 2.75) is 50.1 Å². The monoisotopic (exact) mass is 525 g/mol. The number of amidine groups is 1. The van der Waals surface area contributed by atoms with E-state index in [4.69, 9.17) is 4.74 Å². The fraction of sp³-hybridized carbons (Fsp3) is 0.444. The number of rotatable bonds is 9. The Kier molecular flexibility index (Phi) is 8.94. The minimum Gasteiger partial charge on any atom is -0.464 e. The first-order valence-corrected chi connectivity index (χ1v) is 14.1. The van der Waals surface area contributed by atoms with E-state index in [1.54, 1.807) is 24.3 Å². The first-order valence-electron chi connectivity index (χ1n) is 12.7. The highest BCUT2D eigenvalue weighted by Gasteiger charge is 2.26. The normalized spacial score (nSPS) is 18.9. The quantitative estimate of drug-likeness (QED) is 0.305. The topological polar surface area (TPSA) is 104 Å². The lowest BCUT2D eigenvalue weighted by Gasteiger charge is -2.36. The number of carbonyl (C=O) groups excluding carboxylic acids is 1. The Morgan fingerprint density at radius 1 is 1.08 bits per heavy atom. The standard InChI is InChI=1S/C27H35N5O4S/c1-21-11-13-24(14-12-21)37(34,35)30-26(10-6-9-23-19-25(29-28-23)27(33)36-2)32-17-15-31(16-18-32)20-22-7-4-3-5-8-22/h3-5,7-8,11-14,23,28H,6,9-10,15-20H2,1-2H3/b30-26+. The van der Waals surface area contributed by atoms with Gasteiger partial charge in [0.15, 0.2) is 0 Å². The van der Waals surface area contributed by atoms with E-state index in [0.717, 1.165) is 31.6 Å². The van der Waals surface area contributed by atoms with Gasteiger partial charge in [0, 0.05) is 51.6 Å². The van der Waals surface area contributed by atoms with E-state index < -0.39 is 16.0 Å². The summed E-state index contributed by atoms with van der Waals surface area (Å²) in [6.45, 7) is 5.89. The van der Waals surface area contributed by atoms with Crippen LogP contribution >= 0.6 is 0 Å². The summed E-state index contributed by atoms with van der Waals surface area (Å²) in [7, 11) is -2.48. The number of methoxy groups -OCH3 is 1. The maximum Gasteiger partial charge on any atom is 0.354 e. The molecule has 2 aliphatic heterocycles. The van der Waals surface area contributed by atoms with Crippen molar-refractivity contribution in [3.63, 3.8) is 0 Å². The highest BCUT2D eigenvalue weighted by atomic mass is 32.2. The SMILES string of the molecule is COC(=O)C1=NNC(CCC/C(=N\S(=O)(=O)c2ccc(C)cc2)N2CCN(Cc3ccccc3)CC2)C1. The number of nitrogens with one attached hydrogen (secondary N) is 1. The van der Waals surface area contributed by atoms with Gasteiger partial charge >= 0.3 is 5.97 Å². The Morgan fingerprint density at radius 2 is 1.78 bits per heavy atom. The fourth-order valence-corrected chi connectivity index (χ4v) is 5.65. The highest BCUT2D eigenvalue weighted by molar-refractivity contribution is 7.90. The van der Waals surface area contributed by atoms with Crippen LogP contribution in [-0.2, 0) is 26.1 Å². The van der Waals surface area contributed by atoms with E-state index >= 15 is 0 Å². The molecule has 1 atom stereocenters. The Hall–Kier alpha value is -3.24. The van der Waals surface area contributed by atoms with Gasteiger partial charge in [-0.1, -0.05) is 48.0 Å². The largest absolute Gasteiger partial charge is 0.464 e. The van der Waals surface area contributed by atoms with Gasteiger partial charge in [-0.15, -0.1) is 4.40 Å². The molecule has 0 aromatic heterocycles. The predicted molar refractivity (Wildman–Crippen MR) is 144 cm³/mol. The lowest BCUT2D eigenvalue weighted by Crippen LogP contribution is -2.48. The summed E-state index contributed by atoms with van der Waals surface area (Å²) in [6.07, 6.45) is 2.48. The second-order valence-electron chi connectivity index (χ2n) is 9.52. The minimum atomic E-state index is -3.83. The second kappa shape index (κ2) is 12.3. The zero-order chi connectivity index (χ0) is 26.3. The second-order valence-corrected chi connectivity index (χ2v) is 11.1. The number of nitrogens with zero attached hydrogens (tertiary/aromatic N) is 4. The molecule has 0 saturated carbocycles. The molecule has 1 saturated heterocycles. The van der Waals surface area contributed by atoms with Crippen LogP contribution in [-0.4, -0.2) is 75.1 Å². The summed E-state index contributed by atoms with van der Waals surface area (Å²) in [5.74, 6) is 0.168. The van der Waals surface area contributed by atoms with Crippen molar-refractivity contribution in [2.24, 2.45) is 9.50 Å². The van der Waals surface area contributed by atoms with Gasteiger partial charge in [-0.3, -0.25) is 4.90 Å². The summed E-state index contributed by atoms with van der Waals surface area (Å²) in [4.78, 5) is 16.4. The maximum atomic E-state index is 13.2. The van der Waals surface area contributed by atoms with E-state index in [1.807, 2.05) is 25.1 Å². The number of carbonyl (C=O) groups is 1. The van der Waals surface area contributed by atoms with Gasteiger partial charge in [0.1, 0.15) is 11.5 Å². The van der Waals surface area contributed by atoms with Crippen LogP contribution in [0, 0.1) is 6.92 Å². The maximum absolute atomic E-state index is 13.2. The average Bonchev–Trinajstić information content (AvgIpc) is 3.38. The van der Waals surface area contributed by atoms with Gasteiger partial charge in [0.2, 0.25) is 0 Å². The summed E-state index contributed by atoms with van der Waals surface area (Å²) in [5.41, 5.74) is 5.64. The Balaban J connectivity index is 1.41. The van der Waals surface area contributed by atoms with E-state index in [9.17, 15) is 13.2 Å². The number of esters is 1. The van der Waals surface area contributed by atoms with E-state index in [2.05, 4.69) is 36.9 Å². The third-order valence-corrected chi connectivity index (χ3v) is 8.05. The van der Waals surface area contributed by atoms with Crippen LogP contribution in [0.5, 0.6) is 0 Å². The first-order chi connectivity index (χ1) is 17.8. The average molecular weight is 526 g/mol. The van der Waals surface area contributed by atoms with Crippen LogP contribution in [0.1, 0.15) is 36.8 Å². The van der Waals surface area contributed by atoms with Crippen molar-refractivity contribution >= 4 is 27.5 Å². The zero-order valence-corrected chi connectivity index (χ0v) is 22.3. The molecule has 0 amide bonds. The van der Waals surface area contributed by atoms with Crippen molar-refractivity contribution in [3.05, 3.63) is 65.7 Å². The van der Waals surface area contributed by atoms with Gasteiger partial charge in [0.05, 0.1) is 12.0 Å². The molecule has 2 heterocycles. The highest BCUT2D eigenvalue weighted by Crippen LogP contribution is 2.19. The van der Waals surface area contributed by atoms with Gasteiger partial charge in [0.25, 0.3) is 10.0 Å². The smallest absolute Gasteiger partial charge is 0.354 e. The molecule has 0 spiro atoms. The van der Waals surface area contributed by atoms with Gasteiger partial charge in [-0.25, -0.2) is 4.79 Å². The molecule has 37 heavy (non-hydrogen) atoms. The lowest BCUT2D eigenvalue weighted by molar-refractivity contribution is -0.132.